The molecule has 1 unspecified atom stereocenters. The summed E-state index contributed by atoms with van der Waals surface area (Å²) in [5, 5.41) is 9.98. The van der Waals surface area contributed by atoms with Gasteiger partial charge in [0, 0.05) is 30.2 Å². The van der Waals surface area contributed by atoms with Gasteiger partial charge in [-0.1, -0.05) is 26.8 Å². The van der Waals surface area contributed by atoms with E-state index in [1.54, 1.807) is 10.9 Å². The van der Waals surface area contributed by atoms with Gasteiger partial charge in [0.05, 0.1) is 12.5 Å². The monoisotopic (exact) mass is 342 g/mol. The van der Waals surface area contributed by atoms with E-state index in [-0.39, 0.29) is 17.7 Å². The van der Waals surface area contributed by atoms with Crippen LogP contribution >= 0.6 is 0 Å². The van der Waals surface area contributed by atoms with Crippen LogP contribution in [0.25, 0.3) is 0 Å². The standard InChI is InChI=1S/C19H26N4O2/c1-13(2)11-18(24)21-16-7-5-8-17(15(16)4)22-19(25)14(3)12-23-10-6-9-20-23/h5-10,13-14H,11-12H2,1-4H3,(H,21,24)(H,22,25). The number of rotatable bonds is 7. The smallest absolute Gasteiger partial charge is 0.229 e. The van der Waals surface area contributed by atoms with Gasteiger partial charge in [-0.05, 0) is 36.6 Å². The van der Waals surface area contributed by atoms with Gasteiger partial charge < -0.3 is 10.6 Å². The normalized spacial score (nSPS) is 12.0. The molecule has 0 aliphatic rings. The van der Waals surface area contributed by atoms with Crippen LogP contribution in [0.3, 0.4) is 0 Å². The molecule has 2 rings (SSSR count). The zero-order valence-corrected chi connectivity index (χ0v) is 15.2. The summed E-state index contributed by atoms with van der Waals surface area (Å²) in [7, 11) is 0. The van der Waals surface area contributed by atoms with Gasteiger partial charge in [0.25, 0.3) is 0 Å². The van der Waals surface area contributed by atoms with Crippen LogP contribution in [0.5, 0.6) is 0 Å². The van der Waals surface area contributed by atoms with E-state index in [1.165, 1.54) is 0 Å². The molecule has 2 aromatic rings. The van der Waals surface area contributed by atoms with E-state index >= 15 is 0 Å². The Balaban J connectivity index is 2.03. The maximum Gasteiger partial charge on any atom is 0.229 e. The lowest BCUT2D eigenvalue weighted by Gasteiger charge is -2.16. The molecule has 0 saturated carbocycles. The van der Waals surface area contributed by atoms with Crippen molar-refractivity contribution >= 4 is 23.2 Å². The van der Waals surface area contributed by atoms with Crippen molar-refractivity contribution in [2.24, 2.45) is 11.8 Å². The van der Waals surface area contributed by atoms with Crippen LogP contribution in [0, 0.1) is 18.8 Å². The molecule has 0 bridgehead atoms. The predicted octanol–water partition coefficient (Wildman–Crippen LogP) is 3.45. The summed E-state index contributed by atoms with van der Waals surface area (Å²) in [5.74, 6) is -0.0253. The van der Waals surface area contributed by atoms with Crippen LogP contribution in [0.4, 0.5) is 11.4 Å². The van der Waals surface area contributed by atoms with Crippen molar-refractivity contribution in [1.29, 1.82) is 0 Å². The van der Waals surface area contributed by atoms with Gasteiger partial charge in [-0.15, -0.1) is 0 Å². The Morgan fingerprint density at radius 3 is 2.40 bits per heavy atom. The van der Waals surface area contributed by atoms with Crippen molar-refractivity contribution < 1.29 is 9.59 Å². The fourth-order valence-electron chi connectivity index (χ4n) is 2.51. The summed E-state index contributed by atoms with van der Waals surface area (Å²) in [6, 6.07) is 7.34. The molecule has 1 atom stereocenters. The molecule has 1 aromatic carbocycles. The minimum absolute atomic E-state index is 0.0198. The van der Waals surface area contributed by atoms with Gasteiger partial charge in [0.2, 0.25) is 11.8 Å². The van der Waals surface area contributed by atoms with Crippen LogP contribution in [0.1, 0.15) is 32.8 Å². The number of hydrogen-bond acceptors (Lipinski definition) is 3. The van der Waals surface area contributed by atoms with Gasteiger partial charge in [-0.2, -0.15) is 5.10 Å². The molecular weight excluding hydrogens is 316 g/mol. The first-order valence-corrected chi connectivity index (χ1v) is 8.54. The van der Waals surface area contributed by atoms with Crippen LogP contribution < -0.4 is 10.6 Å². The number of carbonyl (C=O) groups excluding carboxylic acids is 2. The van der Waals surface area contributed by atoms with Crippen LogP contribution in [-0.2, 0) is 16.1 Å². The lowest BCUT2D eigenvalue weighted by molar-refractivity contribution is -0.120. The highest BCUT2D eigenvalue weighted by Crippen LogP contribution is 2.24. The molecular formula is C19H26N4O2. The number of nitrogens with one attached hydrogen (secondary N) is 2. The molecule has 0 fully saturated rings. The second-order valence-electron chi connectivity index (χ2n) is 6.74. The lowest BCUT2D eigenvalue weighted by Crippen LogP contribution is -2.25. The molecule has 0 aliphatic heterocycles. The van der Waals surface area contributed by atoms with Crippen LogP contribution in [-0.4, -0.2) is 21.6 Å². The number of nitrogens with zero attached hydrogens (tertiary/aromatic N) is 2. The minimum Gasteiger partial charge on any atom is -0.326 e. The van der Waals surface area contributed by atoms with Crippen molar-refractivity contribution in [2.45, 2.75) is 40.7 Å². The topological polar surface area (TPSA) is 76.0 Å². The maximum absolute atomic E-state index is 12.4. The summed E-state index contributed by atoms with van der Waals surface area (Å²) in [6.07, 6.45) is 3.99. The Kier molecular flexibility index (Phi) is 6.33. The van der Waals surface area contributed by atoms with E-state index in [1.807, 2.05) is 58.2 Å². The summed E-state index contributed by atoms with van der Waals surface area (Å²) >= 11 is 0. The summed E-state index contributed by atoms with van der Waals surface area (Å²) in [5.41, 5.74) is 2.28. The molecule has 0 radical (unpaired) electrons. The Morgan fingerprint density at radius 2 is 1.80 bits per heavy atom. The molecule has 1 heterocycles. The summed E-state index contributed by atoms with van der Waals surface area (Å²) < 4.78 is 1.74. The molecule has 0 saturated heterocycles. The number of carbonyl (C=O) groups is 2. The Hall–Kier alpha value is -2.63. The van der Waals surface area contributed by atoms with E-state index in [4.69, 9.17) is 0 Å². The average molecular weight is 342 g/mol. The van der Waals surface area contributed by atoms with Gasteiger partial charge in [-0.25, -0.2) is 0 Å². The molecule has 1 aromatic heterocycles. The van der Waals surface area contributed by atoms with E-state index in [0.29, 0.717) is 24.6 Å². The van der Waals surface area contributed by atoms with Crippen molar-refractivity contribution in [1.82, 2.24) is 9.78 Å². The Labute approximate surface area is 148 Å². The van der Waals surface area contributed by atoms with Gasteiger partial charge in [0.1, 0.15) is 0 Å². The van der Waals surface area contributed by atoms with Gasteiger partial charge in [0.15, 0.2) is 0 Å². The first kappa shape index (κ1) is 18.7. The van der Waals surface area contributed by atoms with Crippen LogP contribution in [0.15, 0.2) is 36.7 Å². The lowest BCUT2D eigenvalue weighted by atomic mass is 10.1. The van der Waals surface area contributed by atoms with E-state index in [9.17, 15) is 9.59 Å². The molecule has 0 spiro atoms. The molecule has 0 aliphatic carbocycles. The minimum atomic E-state index is -0.224. The number of aromatic nitrogens is 2. The predicted molar refractivity (Wildman–Crippen MR) is 99.3 cm³/mol. The van der Waals surface area contributed by atoms with Crippen LogP contribution in [0.2, 0.25) is 0 Å². The van der Waals surface area contributed by atoms with Crippen molar-refractivity contribution in [3.8, 4) is 0 Å². The molecule has 134 valence electrons. The fourth-order valence-corrected chi connectivity index (χ4v) is 2.51. The quantitative estimate of drug-likeness (QED) is 0.809. The molecule has 6 nitrogen and oxygen atoms in total. The Morgan fingerprint density at radius 1 is 1.12 bits per heavy atom. The molecule has 2 amide bonds. The van der Waals surface area contributed by atoms with Crippen molar-refractivity contribution in [2.75, 3.05) is 10.6 Å². The number of benzene rings is 1. The SMILES string of the molecule is Cc1c(NC(=O)CC(C)C)cccc1NC(=O)C(C)Cn1cccn1. The zero-order chi connectivity index (χ0) is 18.4. The van der Waals surface area contributed by atoms with Crippen molar-refractivity contribution in [3.05, 3.63) is 42.2 Å². The second kappa shape index (κ2) is 8.46. The Bertz CT molecular complexity index is 723. The van der Waals surface area contributed by atoms with E-state index in [0.717, 1.165) is 11.3 Å². The highest BCUT2D eigenvalue weighted by molar-refractivity contribution is 5.96. The van der Waals surface area contributed by atoms with Gasteiger partial charge >= 0.3 is 0 Å². The third kappa shape index (κ3) is 5.45. The second-order valence-corrected chi connectivity index (χ2v) is 6.74. The van der Waals surface area contributed by atoms with Crippen molar-refractivity contribution in [3.63, 3.8) is 0 Å². The number of hydrogen-bond donors (Lipinski definition) is 2. The number of amides is 2. The first-order valence-electron chi connectivity index (χ1n) is 8.54. The summed E-state index contributed by atoms with van der Waals surface area (Å²) in [6.45, 7) is 8.27. The van der Waals surface area contributed by atoms with E-state index in [2.05, 4.69) is 15.7 Å². The maximum atomic E-state index is 12.4. The number of anilines is 2. The third-order valence-electron chi connectivity index (χ3n) is 3.93. The third-order valence-corrected chi connectivity index (χ3v) is 3.93. The average Bonchev–Trinajstić information content (AvgIpc) is 3.03. The summed E-state index contributed by atoms with van der Waals surface area (Å²) in [4.78, 5) is 24.4. The largest absolute Gasteiger partial charge is 0.326 e. The fraction of sp³-hybridized carbons (Fsp3) is 0.421. The zero-order valence-electron chi connectivity index (χ0n) is 15.2. The van der Waals surface area contributed by atoms with Gasteiger partial charge in [-0.3, -0.25) is 14.3 Å². The molecule has 25 heavy (non-hydrogen) atoms. The highest BCUT2D eigenvalue weighted by atomic mass is 16.2. The first-order chi connectivity index (χ1) is 11.9. The molecule has 2 N–H and O–H groups in total. The van der Waals surface area contributed by atoms with E-state index < -0.39 is 0 Å². The molecule has 6 heteroatoms. The highest BCUT2D eigenvalue weighted by Gasteiger charge is 2.16.